The molecule has 1 aromatic carbocycles. The summed E-state index contributed by atoms with van der Waals surface area (Å²) in [4.78, 5) is 0. The van der Waals surface area contributed by atoms with Gasteiger partial charge in [0.2, 0.25) is 0 Å². The topological polar surface area (TPSA) is 26.0 Å². The van der Waals surface area contributed by atoms with Gasteiger partial charge in [-0.3, -0.25) is 0 Å². The summed E-state index contributed by atoms with van der Waals surface area (Å²) in [6, 6.07) is 4.99. The van der Waals surface area contributed by atoms with Gasteiger partial charge in [0.05, 0.1) is 5.56 Å². The third kappa shape index (κ3) is 4.38. The average Bonchev–Trinajstić information content (AvgIpc) is 2.28. The molecule has 1 nitrogen and oxygen atoms in total. The molecule has 0 heterocycles. The molecule has 1 aromatic rings. The number of hydrogen-bond acceptors (Lipinski definition) is 1. The van der Waals surface area contributed by atoms with E-state index in [9.17, 15) is 13.2 Å². The van der Waals surface area contributed by atoms with Gasteiger partial charge in [-0.15, -0.1) is 0 Å². The number of benzene rings is 1. The van der Waals surface area contributed by atoms with Crippen LogP contribution in [0.1, 0.15) is 49.8 Å². The van der Waals surface area contributed by atoms with Gasteiger partial charge in [-0.25, -0.2) is 0 Å². The van der Waals surface area contributed by atoms with Crippen molar-refractivity contribution in [2.75, 3.05) is 0 Å². The van der Waals surface area contributed by atoms with Gasteiger partial charge in [-0.05, 0) is 24.1 Å². The fraction of sp³-hybridized carbons (Fsp3) is 0.538. The van der Waals surface area contributed by atoms with Gasteiger partial charge in [0.1, 0.15) is 0 Å². The fourth-order valence-electron chi connectivity index (χ4n) is 1.73. The van der Waals surface area contributed by atoms with Gasteiger partial charge in [-0.2, -0.15) is 13.2 Å². The summed E-state index contributed by atoms with van der Waals surface area (Å²) in [5, 5.41) is 0. The predicted octanol–water partition coefficient (Wildman–Crippen LogP) is 4.29. The van der Waals surface area contributed by atoms with E-state index >= 15 is 0 Å². The Morgan fingerprint density at radius 3 is 2.53 bits per heavy atom. The monoisotopic (exact) mass is 245 g/mol. The molecule has 4 heteroatoms. The first kappa shape index (κ1) is 14.0. The highest BCUT2D eigenvalue weighted by Gasteiger charge is 2.30. The Morgan fingerprint density at radius 1 is 1.24 bits per heavy atom. The van der Waals surface area contributed by atoms with Crippen molar-refractivity contribution in [3.8, 4) is 0 Å². The van der Waals surface area contributed by atoms with Gasteiger partial charge in [0.25, 0.3) is 0 Å². The second-order valence-corrected chi connectivity index (χ2v) is 4.23. The summed E-state index contributed by atoms with van der Waals surface area (Å²) in [7, 11) is 0. The molecule has 0 saturated carbocycles. The summed E-state index contributed by atoms with van der Waals surface area (Å²) < 4.78 is 37.5. The highest BCUT2D eigenvalue weighted by molar-refractivity contribution is 5.27. The molecule has 0 spiro atoms. The van der Waals surface area contributed by atoms with Crippen LogP contribution in [-0.4, -0.2) is 0 Å². The van der Waals surface area contributed by atoms with Crippen LogP contribution >= 0.6 is 0 Å². The van der Waals surface area contributed by atoms with Crippen LogP contribution in [-0.2, 0) is 6.18 Å². The number of alkyl halides is 3. The van der Waals surface area contributed by atoms with Crippen LogP contribution in [0.2, 0.25) is 0 Å². The lowest BCUT2D eigenvalue weighted by atomic mass is 9.99. The minimum atomic E-state index is -4.29. The van der Waals surface area contributed by atoms with Crippen molar-refractivity contribution in [3.05, 3.63) is 35.4 Å². The molecule has 0 amide bonds. The van der Waals surface area contributed by atoms with E-state index in [0.29, 0.717) is 5.56 Å². The SMILES string of the molecule is CCCCC[C@H](N)c1cccc(C(F)(F)F)c1. The van der Waals surface area contributed by atoms with Crippen molar-refractivity contribution in [1.29, 1.82) is 0 Å². The van der Waals surface area contributed by atoms with Gasteiger partial charge >= 0.3 is 6.18 Å². The molecular weight excluding hydrogens is 227 g/mol. The van der Waals surface area contributed by atoms with E-state index in [-0.39, 0.29) is 6.04 Å². The molecule has 96 valence electrons. The summed E-state index contributed by atoms with van der Waals surface area (Å²) >= 11 is 0. The maximum atomic E-state index is 12.5. The molecule has 17 heavy (non-hydrogen) atoms. The van der Waals surface area contributed by atoms with E-state index in [4.69, 9.17) is 5.73 Å². The van der Waals surface area contributed by atoms with E-state index in [1.807, 2.05) is 0 Å². The van der Waals surface area contributed by atoms with Crippen LogP contribution in [0.5, 0.6) is 0 Å². The van der Waals surface area contributed by atoms with Gasteiger partial charge in [-0.1, -0.05) is 38.3 Å². The van der Waals surface area contributed by atoms with Crippen molar-refractivity contribution in [1.82, 2.24) is 0 Å². The van der Waals surface area contributed by atoms with Gasteiger partial charge < -0.3 is 5.73 Å². The normalized spacial score (nSPS) is 13.7. The zero-order valence-electron chi connectivity index (χ0n) is 9.93. The van der Waals surface area contributed by atoms with Gasteiger partial charge in [0.15, 0.2) is 0 Å². The van der Waals surface area contributed by atoms with Crippen molar-refractivity contribution >= 4 is 0 Å². The second-order valence-electron chi connectivity index (χ2n) is 4.23. The van der Waals surface area contributed by atoms with Crippen molar-refractivity contribution in [3.63, 3.8) is 0 Å². The number of halogens is 3. The molecule has 0 aliphatic rings. The Kier molecular flexibility index (Phi) is 5.00. The van der Waals surface area contributed by atoms with Crippen LogP contribution in [0, 0.1) is 0 Å². The standard InChI is InChI=1S/C13H18F3N/c1-2-3-4-8-12(17)10-6-5-7-11(9-10)13(14,15)16/h5-7,9,12H,2-4,8,17H2,1H3/t12-/m0/s1. The largest absolute Gasteiger partial charge is 0.416 e. The quantitative estimate of drug-likeness (QED) is 0.769. The molecule has 0 radical (unpaired) electrons. The first-order valence-electron chi connectivity index (χ1n) is 5.88. The van der Waals surface area contributed by atoms with Crippen molar-refractivity contribution in [2.24, 2.45) is 5.73 Å². The molecule has 2 N–H and O–H groups in total. The molecule has 0 aliphatic carbocycles. The number of hydrogen-bond donors (Lipinski definition) is 1. The Bertz CT molecular complexity index is 347. The van der Waals surface area contributed by atoms with Crippen LogP contribution in [0.25, 0.3) is 0 Å². The third-order valence-electron chi connectivity index (χ3n) is 2.76. The Balaban J connectivity index is 2.71. The molecule has 0 bridgehead atoms. The number of unbranched alkanes of at least 4 members (excludes halogenated alkanes) is 2. The Labute approximate surface area is 99.8 Å². The van der Waals surface area contributed by atoms with Crippen molar-refractivity contribution in [2.45, 2.75) is 44.8 Å². The van der Waals surface area contributed by atoms with E-state index in [1.165, 1.54) is 6.07 Å². The number of nitrogens with two attached hydrogens (primary N) is 1. The average molecular weight is 245 g/mol. The highest BCUT2D eigenvalue weighted by atomic mass is 19.4. The molecule has 0 aromatic heterocycles. The minimum absolute atomic E-state index is 0.302. The van der Waals surface area contributed by atoms with E-state index in [2.05, 4.69) is 6.92 Å². The van der Waals surface area contributed by atoms with E-state index in [0.717, 1.165) is 37.8 Å². The van der Waals surface area contributed by atoms with Crippen molar-refractivity contribution < 1.29 is 13.2 Å². The maximum absolute atomic E-state index is 12.5. The minimum Gasteiger partial charge on any atom is -0.324 e. The second kappa shape index (κ2) is 6.05. The van der Waals surface area contributed by atoms with Crippen LogP contribution in [0.3, 0.4) is 0 Å². The fourth-order valence-corrected chi connectivity index (χ4v) is 1.73. The zero-order valence-corrected chi connectivity index (χ0v) is 9.93. The van der Waals surface area contributed by atoms with E-state index in [1.54, 1.807) is 6.07 Å². The molecule has 0 fully saturated rings. The molecule has 0 saturated heterocycles. The molecule has 1 rings (SSSR count). The highest BCUT2D eigenvalue weighted by Crippen LogP contribution is 2.31. The number of rotatable bonds is 5. The Hall–Kier alpha value is -1.03. The Morgan fingerprint density at radius 2 is 1.94 bits per heavy atom. The molecule has 1 atom stereocenters. The summed E-state index contributed by atoms with van der Waals surface area (Å²) in [5.41, 5.74) is 5.82. The lowest BCUT2D eigenvalue weighted by molar-refractivity contribution is -0.137. The predicted molar refractivity (Wildman–Crippen MR) is 62.5 cm³/mol. The van der Waals surface area contributed by atoms with E-state index < -0.39 is 11.7 Å². The van der Waals surface area contributed by atoms with Crippen LogP contribution in [0.15, 0.2) is 24.3 Å². The van der Waals surface area contributed by atoms with Crippen LogP contribution in [0.4, 0.5) is 13.2 Å². The first-order chi connectivity index (χ1) is 7.95. The van der Waals surface area contributed by atoms with Crippen LogP contribution < -0.4 is 5.73 Å². The third-order valence-corrected chi connectivity index (χ3v) is 2.76. The summed E-state index contributed by atoms with van der Waals surface area (Å²) in [6.07, 6.45) is -0.468. The molecule has 0 aliphatic heterocycles. The lowest BCUT2D eigenvalue weighted by Gasteiger charge is -2.14. The molecule has 0 unspecified atom stereocenters. The molecular formula is C13H18F3N. The summed E-state index contributed by atoms with van der Waals surface area (Å²) in [6.45, 7) is 2.08. The first-order valence-corrected chi connectivity index (χ1v) is 5.88. The lowest BCUT2D eigenvalue weighted by Crippen LogP contribution is -2.12. The maximum Gasteiger partial charge on any atom is 0.416 e. The summed E-state index contributed by atoms with van der Waals surface area (Å²) in [5.74, 6) is 0. The smallest absolute Gasteiger partial charge is 0.324 e. The zero-order chi connectivity index (χ0) is 12.9. The van der Waals surface area contributed by atoms with Gasteiger partial charge in [0, 0.05) is 6.04 Å².